The number of nitrogens with zero attached hydrogens (tertiary/aromatic N) is 5. The van der Waals surface area contributed by atoms with Crippen LogP contribution in [0.2, 0.25) is 0 Å². The smallest absolute Gasteiger partial charge is 0.159 e. The van der Waals surface area contributed by atoms with E-state index in [0.29, 0.717) is 6.54 Å². The van der Waals surface area contributed by atoms with Crippen LogP contribution in [0, 0.1) is 6.92 Å². The molecule has 3 aromatic rings. The van der Waals surface area contributed by atoms with Gasteiger partial charge in [0, 0.05) is 72.4 Å². The van der Waals surface area contributed by atoms with Crippen molar-refractivity contribution < 1.29 is 0 Å². The number of hydrogen-bond donors (Lipinski definition) is 1. The van der Waals surface area contributed by atoms with Crippen LogP contribution in [0.15, 0.2) is 43.1 Å². The van der Waals surface area contributed by atoms with E-state index in [4.69, 9.17) is 0 Å². The summed E-state index contributed by atoms with van der Waals surface area (Å²) in [6, 6.07) is 3.96. The highest BCUT2D eigenvalue weighted by Gasteiger charge is 2.12. The molecule has 0 amide bonds. The first-order valence-electron chi connectivity index (χ1n) is 8.44. The number of aromatic nitrogens is 5. The molecule has 3 aromatic heterocycles. The van der Waals surface area contributed by atoms with Crippen molar-refractivity contribution in [2.75, 3.05) is 0 Å². The lowest BCUT2D eigenvalue weighted by Gasteiger charge is -2.16. The molecule has 1 N–H and O–H groups in total. The summed E-state index contributed by atoms with van der Waals surface area (Å²) in [5.41, 5.74) is 4.10. The van der Waals surface area contributed by atoms with Gasteiger partial charge in [0.1, 0.15) is 5.82 Å². The van der Waals surface area contributed by atoms with Gasteiger partial charge in [0.15, 0.2) is 5.82 Å². The Bertz CT molecular complexity index is 817. The van der Waals surface area contributed by atoms with E-state index < -0.39 is 0 Å². The van der Waals surface area contributed by atoms with Gasteiger partial charge in [0.05, 0.1) is 0 Å². The van der Waals surface area contributed by atoms with Crippen molar-refractivity contribution in [3.8, 4) is 11.4 Å². The molecule has 0 spiro atoms. The molecule has 3 rings (SSSR count). The second kappa shape index (κ2) is 7.90. The first-order chi connectivity index (χ1) is 12.2. The van der Waals surface area contributed by atoms with E-state index in [9.17, 15) is 0 Å². The van der Waals surface area contributed by atoms with Crippen molar-refractivity contribution in [1.29, 1.82) is 0 Å². The van der Waals surface area contributed by atoms with E-state index in [0.717, 1.165) is 40.5 Å². The fraction of sp³-hybridized carbons (Fsp3) is 0.316. The minimum Gasteiger partial charge on any atom is -0.306 e. The summed E-state index contributed by atoms with van der Waals surface area (Å²) in [5, 5.41) is 3.48. The molecule has 128 valence electrons. The zero-order valence-corrected chi connectivity index (χ0v) is 14.8. The van der Waals surface area contributed by atoms with Crippen molar-refractivity contribution in [2.45, 2.75) is 39.8 Å². The predicted octanol–water partition coefficient (Wildman–Crippen LogP) is 3.05. The second-order valence-corrected chi connectivity index (χ2v) is 5.93. The number of hydrogen-bond acceptors (Lipinski definition) is 6. The van der Waals surface area contributed by atoms with Crippen LogP contribution in [0.4, 0.5) is 0 Å². The van der Waals surface area contributed by atoms with Crippen LogP contribution in [0.25, 0.3) is 11.4 Å². The molecule has 1 atom stereocenters. The lowest BCUT2D eigenvalue weighted by Crippen LogP contribution is -2.20. The van der Waals surface area contributed by atoms with E-state index in [1.54, 1.807) is 12.4 Å². The average Bonchev–Trinajstić information content (AvgIpc) is 2.67. The number of pyridine rings is 1. The molecule has 0 aromatic carbocycles. The van der Waals surface area contributed by atoms with Crippen LogP contribution in [0.3, 0.4) is 0 Å². The standard InChI is InChI=1S/C19H22N6/c1-4-18-22-10-15(11-23-18)9-21-13(2)17-12-24-19(25-14(17)3)16-5-7-20-8-6-16/h5-8,10-13,21H,4,9H2,1-3H3. The molecule has 0 radical (unpaired) electrons. The summed E-state index contributed by atoms with van der Waals surface area (Å²) in [6.45, 7) is 6.88. The van der Waals surface area contributed by atoms with Gasteiger partial charge in [-0.15, -0.1) is 0 Å². The van der Waals surface area contributed by atoms with Crippen LogP contribution < -0.4 is 5.32 Å². The van der Waals surface area contributed by atoms with Crippen molar-refractivity contribution >= 4 is 0 Å². The summed E-state index contributed by atoms with van der Waals surface area (Å²) < 4.78 is 0. The predicted molar refractivity (Wildman–Crippen MR) is 96.7 cm³/mol. The molecule has 0 bridgehead atoms. The number of nitrogens with one attached hydrogen (secondary N) is 1. The molecule has 0 aliphatic heterocycles. The van der Waals surface area contributed by atoms with E-state index in [1.807, 2.05) is 44.6 Å². The Hall–Kier alpha value is -2.73. The van der Waals surface area contributed by atoms with Gasteiger partial charge < -0.3 is 5.32 Å². The Kier molecular flexibility index (Phi) is 5.40. The highest BCUT2D eigenvalue weighted by Crippen LogP contribution is 2.19. The van der Waals surface area contributed by atoms with Crippen molar-refractivity contribution in [3.05, 3.63) is 65.8 Å². The van der Waals surface area contributed by atoms with Crippen molar-refractivity contribution in [3.63, 3.8) is 0 Å². The molecule has 0 aliphatic carbocycles. The molecule has 3 heterocycles. The third-order valence-electron chi connectivity index (χ3n) is 4.11. The quantitative estimate of drug-likeness (QED) is 0.746. The Morgan fingerprint density at radius 2 is 1.76 bits per heavy atom. The van der Waals surface area contributed by atoms with E-state index >= 15 is 0 Å². The maximum Gasteiger partial charge on any atom is 0.159 e. The fourth-order valence-corrected chi connectivity index (χ4v) is 2.58. The zero-order valence-electron chi connectivity index (χ0n) is 14.8. The molecular weight excluding hydrogens is 312 g/mol. The third-order valence-corrected chi connectivity index (χ3v) is 4.11. The molecular formula is C19H22N6. The van der Waals surface area contributed by atoms with Gasteiger partial charge in [-0.3, -0.25) is 4.98 Å². The van der Waals surface area contributed by atoms with E-state index in [1.165, 1.54) is 0 Å². The summed E-state index contributed by atoms with van der Waals surface area (Å²) in [4.78, 5) is 21.8. The number of aryl methyl sites for hydroxylation is 2. The summed E-state index contributed by atoms with van der Waals surface area (Å²) in [7, 11) is 0. The lowest BCUT2D eigenvalue weighted by atomic mass is 10.1. The minimum atomic E-state index is 0.136. The Labute approximate surface area is 147 Å². The molecule has 6 nitrogen and oxygen atoms in total. The highest BCUT2D eigenvalue weighted by molar-refractivity contribution is 5.53. The first kappa shape index (κ1) is 17.1. The molecule has 0 fully saturated rings. The lowest BCUT2D eigenvalue weighted by molar-refractivity contribution is 0.565. The van der Waals surface area contributed by atoms with Crippen LogP contribution >= 0.6 is 0 Å². The molecule has 6 heteroatoms. The average molecular weight is 334 g/mol. The van der Waals surface area contributed by atoms with Crippen LogP contribution in [0.1, 0.15) is 42.5 Å². The zero-order chi connectivity index (χ0) is 17.6. The van der Waals surface area contributed by atoms with Crippen LogP contribution in [0.5, 0.6) is 0 Å². The van der Waals surface area contributed by atoms with Gasteiger partial charge in [-0.05, 0) is 26.0 Å². The summed E-state index contributed by atoms with van der Waals surface area (Å²) >= 11 is 0. The maximum atomic E-state index is 4.64. The van der Waals surface area contributed by atoms with Crippen LogP contribution in [-0.4, -0.2) is 24.9 Å². The maximum absolute atomic E-state index is 4.64. The first-order valence-corrected chi connectivity index (χ1v) is 8.44. The van der Waals surface area contributed by atoms with Gasteiger partial charge in [-0.2, -0.15) is 0 Å². The van der Waals surface area contributed by atoms with E-state index in [2.05, 4.69) is 37.2 Å². The van der Waals surface area contributed by atoms with Gasteiger partial charge in [0.25, 0.3) is 0 Å². The molecule has 0 saturated heterocycles. The van der Waals surface area contributed by atoms with E-state index in [-0.39, 0.29) is 6.04 Å². The van der Waals surface area contributed by atoms with Crippen LogP contribution in [-0.2, 0) is 13.0 Å². The van der Waals surface area contributed by atoms with Gasteiger partial charge in [-0.1, -0.05) is 6.92 Å². The Morgan fingerprint density at radius 1 is 1.04 bits per heavy atom. The second-order valence-electron chi connectivity index (χ2n) is 5.93. The topological polar surface area (TPSA) is 76.5 Å². The largest absolute Gasteiger partial charge is 0.306 e. The van der Waals surface area contributed by atoms with Crippen molar-refractivity contribution in [2.24, 2.45) is 0 Å². The normalized spacial score (nSPS) is 12.1. The summed E-state index contributed by atoms with van der Waals surface area (Å²) in [5.74, 6) is 1.59. The minimum absolute atomic E-state index is 0.136. The molecule has 1 unspecified atom stereocenters. The molecule has 25 heavy (non-hydrogen) atoms. The number of rotatable bonds is 6. The Balaban J connectivity index is 1.68. The highest BCUT2D eigenvalue weighted by atomic mass is 14.9. The summed E-state index contributed by atoms with van der Waals surface area (Å²) in [6.07, 6.45) is 10.00. The van der Waals surface area contributed by atoms with Crippen molar-refractivity contribution in [1.82, 2.24) is 30.2 Å². The molecule has 0 aliphatic rings. The van der Waals surface area contributed by atoms with Gasteiger partial charge in [-0.25, -0.2) is 19.9 Å². The third kappa shape index (κ3) is 4.22. The Morgan fingerprint density at radius 3 is 2.40 bits per heavy atom. The molecule has 0 saturated carbocycles. The van der Waals surface area contributed by atoms with Gasteiger partial charge >= 0.3 is 0 Å². The SMILES string of the molecule is CCc1ncc(CNC(C)c2cnc(-c3ccncc3)nc2C)cn1. The van der Waals surface area contributed by atoms with Gasteiger partial charge in [0.2, 0.25) is 0 Å². The monoisotopic (exact) mass is 334 g/mol. The fourth-order valence-electron chi connectivity index (χ4n) is 2.58.